The van der Waals surface area contributed by atoms with E-state index in [9.17, 15) is 4.79 Å². The smallest absolute Gasteiger partial charge is 0.234 e. The highest BCUT2D eigenvalue weighted by atomic mass is 35.5. The molecule has 1 fully saturated rings. The monoisotopic (exact) mass is 328 g/mol. The lowest BCUT2D eigenvalue weighted by Crippen LogP contribution is -2.39. The van der Waals surface area contributed by atoms with Crippen molar-refractivity contribution in [3.63, 3.8) is 0 Å². The fourth-order valence-corrected chi connectivity index (χ4v) is 3.45. The first kappa shape index (κ1) is 16.5. The van der Waals surface area contributed by atoms with E-state index in [4.69, 9.17) is 16.3 Å². The lowest BCUT2D eigenvalue weighted by molar-refractivity contribution is -0.122. The minimum Gasteiger partial charge on any atom is -0.376 e. The number of carbonyl (C=O) groups is 1. The van der Waals surface area contributed by atoms with Gasteiger partial charge in [0.2, 0.25) is 5.91 Å². The summed E-state index contributed by atoms with van der Waals surface area (Å²) in [6.45, 7) is 6.89. The van der Waals surface area contributed by atoms with Crippen LogP contribution in [0.4, 0.5) is 0 Å². The summed E-state index contributed by atoms with van der Waals surface area (Å²) < 4.78 is 6.27. The molecule has 1 aliphatic rings. The topological polar surface area (TPSA) is 41.6 Å². The number of carbonyl (C=O) groups excluding carboxylic acids is 1. The maximum Gasteiger partial charge on any atom is 0.234 e. The van der Waals surface area contributed by atoms with Crippen LogP contribution < -0.4 is 5.32 Å². The van der Waals surface area contributed by atoms with Crippen molar-refractivity contribution in [2.45, 2.75) is 25.5 Å². The number of thiophene rings is 1. The summed E-state index contributed by atoms with van der Waals surface area (Å²) in [5.41, 5.74) is 0. The highest BCUT2D eigenvalue weighted by Gasteiger charge is 2.17. The molecule has 1 N–H and O–H groups in total. The first-order chi connectivity index (χ1) is 10.2. The number of rotatable bonds is 8. The molecule has 1 amide bonds. The summed E-state index contributed by atoms with van der Waals surface area (Å²) in [6.07, 6.45) is 4.10. The standard InChI is InChI=1S/C15H21ClN2O2S/c1-2-7-18(10-13-5-6-14(16)21-13)11-15(19)17-9-12-4-3-8-20-12/h2,5-6,12H,1,3-4,7-11H2,(H,17,19). The fourth-order valence-electron chi connectivity index (χ4n) is 2.32. The van der Waals surface area contributed by atoms with Gasteiger partial charge in [-0.05, 0) is 25.0 Å². The maximum absolute atomic E-state index is 12.0. The summed E-state index contributed by atoms with van der Waals surface area (Å²) >= 11 is 7.48. The molecule has 0 radical (unpaired) electrons. The van der Waals surface area contributed by atoms with E-state index in [2.05, 4.69) is 11.9 Å². The summed E-state index contributed by atoms with van der Waals surface area (Å²) in [6, 6.07) is 3.87. The molecule has 1 aliphatic heterocycles. The van der Waals surface area contributed by atoms with Crippen LogP contribution in [0.25, 0.3) is 0 Å². The molecule has 1 unspecified atom stereocenters. The number of hydrogen-bond donors (Lipinski definition) is 1. The number of nitrogens with zero attached hydrogens (tertiary/aromatic N) is 1. The van der Waals surface area contributed by atoms with Crippen LogP contribution in [0.2, 0.25) is 4.34 Å². The first-order valence-electron chi connectivity index (χ1n) is 7.13. The minimum atomic E-state index is 0.0232. The molecular weight excluding hydrogens is 308 g/mol. The Morgan fingerprint density at radius 2 is 2.48 bits per heavy atom. The lowest BCUT2D eigenvalue weighted by Gasteiger charge is -2.20. The highest BCUT2D eigenvalue weighted by Crippen LogP contribution is 2.22. The fraction of sp³-hybridized carbons (Fsp3) is 0.533. The second-order valence-electron chi connectivity index (χ2n) is 5.10. The van der Waals surface area contributed by atoms with Crippen LogP contribution in [0.5, 0.6) is 0 Å². The molecule has 1 atom stereocenters. The molecule has 0 aliphatic carbocycles. The van der Waals surface area contributed by atoms with E-state index < -0.39 is 0 Å². The third-order valence-electron chi connectivity index (χ3n) is 3.31. The Kier molecular flexibility index (Phi) is 6.70. The van der Waals surface area contributed by atoms with E-state index in [0.29, 0.717) is 26.2 Å². The van der Waals surface area contributed by atoms with Gasteiger partial charge in [-0.2, -0.15) is 0 Å². The molecule has 0 bridgehead atoms. The van der Waals surface area contributed by atoms with Gasteiger partial charge in [0.05, 0.1) is 17.0 Å². The second kappa shape index (κ2) is 8.54. The third kappa shape index (κ3) is 5.79. The zero-order chi connectivity index (χ0) is 15.1. The molecule has 21 heavy (non-hydrogen) atoms. The molecule has 4 nitrogen and oxygen atoms in total. The van der Waals surface area contributed by atoms with Gasteiger partial charge in [-0.1, -0.05) is 17.7 Å². The molecule has 116 valence electrons. The predicted molar refractivity (Wildman–Crippen MR) is 86.8 cm³/mol. The Morgan fingerprint density at radius 1 is 1.62 bits per heavy atom. The summed E-state index contributed by atoms with van der Waals surface area (Å²) in [5, 5.41) is 2.94. The van der Waals surface area contributed by atoms with Gasteiger partial charge in [-0.15, -0.1) is 17.9 Å². The Labute approximate surface area is 134 Å². The Balaban J connectivity index is 1.77. The molecule has 2 heterocycles. The molecule has 6 heteroatoms. The predicted octanol–water partition coefficient (Wildman–Crippen LogP) is 2.68. The molecule has 0 aromatic carbocycles. The number of hydrogen-bond acceptors (Lipinski definition) is 4. The van der Waals surface area contributed by atoms with Gasteiger partial charge in [0.1, 0.15) is 0 Å². The lowest BCUT2D eigenvalue weighted by atomic mass is 10.2. The van der Waals surface area contributed by atoms with Crippen LogP contribution in [0.15, 0.2) is 24.8 Å². The molecule has 1 aromatic rings. The zero-order valence-electron chi connectivity index (χ0n) is 12.0. The normalized spacial score (nSPS) is 18.1. The molecule has 1 saturated heterocycles. The maximum atomic E-state index is 12.0. The minimum absolute atomic E-state index is 0.0232. The van der Waals surface area contributed by atoms with E-state index in [1.165, 1.54) is 0 Å². The van der Waals surface area contributed by atoms with Gasteiger partial charge in [0.15, 0.2) is 0 Å². The van der Waals surface area contributed by atoms with E-state index in [1.54, 1.807) is 11.3 Å². The molecule has 0 spiro atoms. The van der Waals surface area contributed by atoms with Gasteiger partial charge >= 0.3 is 0 Å². The van der Waals surface area contributed by atoms with Crippen molar-refractivity contribution in [3.05, 3.63) is 34.0 Å². The molecule has 2 rings (SSSR count). The van der Waals surface area contributed by atoms with E-state index in [0.717, 1.165) is 28.7 Å². The van der Waals surface area contributed by atoms with Gasteiger partial charge in [-0.3, -0.25) is 9.69 Å². The van der Waals surface area contributed by atoms with Crippen molar-refractivity contribution in [1.82, 2.24) is 10.2 Å². The zero-order valence-corrected chi connectivity index (χ0v) is 13.6. The largest absolute Gasteiger partial charge is 0.376 e. The quantitative estimate of drug-likeness (QED) is 0.746. The molecule has 0 saturated carbocycles. The average Bonchev–Trinajstić information content (AvgIpc) is 3.08. The van der Waals surface area contributed by atoms with Crippen molar-refractivity contribution >= 4 is 28.8 Å². The van der Waals surface area contributed by atoms with Crippen molar-refractivity contribution in [3.8, 4) is 0 Å². The average molecular weight is 329 g/mol. The van der Waals surface area contributed by atoms with Crippen LogP contribution >= 0.6 is 22.9 Å². The summed E-state index contributed by atoms with van der Waals surface area (Å²) in [4.78, 5) is 15.2. The number of halogens is 1. The van der Waals surface area contributed by atoms with E-state index >= 15 is 0 Å². The Hall–Kier alpha value is -0.880. The summed E-state index contributed by atoms with van der Waals surface area (Å²) in [7, 11) is 0. The number of amides is 1. The van der Waals surface area contributed by atoms with Crippen molar-refractivity contribution in [2.24, 2.45) is 0 Å². The highest BCUT2D eigenvalue weighted by molar-refractivity contribution is 7.16. The number of ether oxygens (including phenoxy) is 1. The van der Waals surface area contributed by atoms with Crippen LogP contribution in [0.3, 0.4) is 0 Å². The third-order valence-corrected chi connectivity index (χ3v) is 4.53. The van der Waals surface area contributed by atoms with Crippen LogP contribution in [-0.2, 0) is 16.1 Å². The van der Waals surface area contributed by atoms with Crippen molar-refractivity contribution in [2.75, 3.05) is 26.2 Å². The van der Waals surface area contributed by atoms with E-state index in [1.807, 2.05) is 23.1 Å². The van der Waals surface area contributed by atoms with E-state index in [-0.39, 0.29) is 12.0 Å². The van der Waals surface area contributed by atoms with Crippen molar-refractivity contribution in [1.29, 1.82) is 0 Å². The van der Waals surface area contributed by atoms with Gasteiger partial charge < -0.3 is 10.1 Å². The summed E-state index contributed by atoms with van der Waals surface area (Å²) in [5.74, 6) is 0.0232. The van der Waals surface area contributed by atoms with Gasteiger partial charge in [-0.25, -0.2) is 0 Å². The Morgan fingerprint density at radius 3 is 3.10 bits per heavy atom. The van der Waals surface area contributed by atoms with Crippen molar-refractivity contribution < 1.29 is 9.53 Å². The molecule has 1 aromatic heterocycles. The van der Waals surface area contributed by atoms with Crippen LogP contribution in [-0.4, -0.2) is 43.2 Å². The van der Waals surface area contributed by atoms with Crippen LogP contribution in [0, 0.1) is 0 Å². The first-order valence-corrected chi connectivity index (χ1v) is 8.32. The van der Waals surface area contributed by atoms with Gasteiger partial charge in [0.25, 0.3) is 0 Å². The van der Waals surface area contributed by atoms with Gasteiger partial charge in [0, 0.05) is 31.1 Å². The second-order valence-corrected chi connectivity index (χ2v) is 6.90. The van der Waals surface area contributed by atoms with Crippen LogP contribution in [0.1, 0.15) is 17.7 Å². The SMILES string of the molecule is C=CCN(CC(=O)NCC1CCCO1)Cc1ccc(Cl)s1. The molecular formula is C15H21ClN2O2S. The Bertz CT molecular complexity index is 472. The number of nitrogens with one attached hydrogen (secondary N) is 1.